The monoisotopic (exact) mass is 342 g/mol. The molecule has 1 aromatic carbocycles. The SMILES string of the molecule is CN1CCOC(C(=O)NC2CC(c3ccc(C(F)(F)F)cc3)C2)C1. The molecule has 24 heavy (non-hydrogen) atoms. The number of amides is 1. The Bertz CT molecular complexity index is 582. The molecule has 1 N–H and O–H groups in total. The first-order valence-corrected chi connectivity index (χ1v) is 8.10. The highest BCUT2D eigenvalue weighted by atomic mass is 19.4. The molecule has 1 unspecified atom stereocenters. The predicted molar refractivity (Wildman–Crippen MR) is 82.6 cm³/mol. The van der Waals surface area contributed by atoms with Gasteiger partial charge in [0.25, 0.3) is 5.91 Å². The van der Waals surface area contributed by atoms with Crippen LogP contribution in [0.25, 0.3) is 0 Å². The Kier molecular flexibility index (Phi) is 4.83. The zero-order chi connectivity index (χ0) is 17.3. The number of hydrogen-bond acceptors (Lipinski definition) is 3. The average molecular weight is 342 g/mol. The van der Waals surface area contributed by atoms with Crippen molar-refractivity contribution >= 4 is 5.91 Å². The van der Waals surface area contributed by atoms with Crippen LogP contribution in [0.4, 0.5) is 13.2 Å². The molecule has 1 amide bonds. The second kappa shape index (κ2) is 6.72. The minimum Gasteiger partial charge on any atom is -0.366 e. The Balaban J connectivity index is 1.48. The number of ether oxygens (including phenoxy) is 1. The fourth-order valence-electron chi connectivity index (χ4n) is 3.18. The molecular formula is C17H21F3N2O2. The highest BCUT2D eigenvalue weighted by Crippen LogP contribution is 2.38. The average Bonchev–Trinajstić information content (AvgIpc) is 2.49. The Morgan fingerprint density at radius 1 is 1.25 bits per heavy atom. The fourth-order valence-corrected chi connectivity index (χ4v) is 3.18. The quantitative estimate of drug-likeness (QED) is 0.917. The van der Waals surface area contributed by atoms with Gasteiger partial charge in [-0.1, -0.05) is 12.1 Å². The number of nitrogens with zero attached hydrogens (tertiary/aromatic N) is 1. The lowest BCUT2D eigenvalue weighted by Gasteiger charge is -2.38. The van der Waals surface area contributed by atoms with Crippen molar-refractivity contribution in [2.75, 3.05) is 26.7 Å². The maximum Gasteiger partial charge on any atom is 0.416 e. The van der Waals surface area contributed by atoms with Crippen LogP contribution in [0.3, 0.4) is 0 Å². The number of alkyl halides is 3. The van der Waals surface area contributed by atoms with Crippen molar-refractivity contribution in [1.29, 1.82) is 0 Å². The summed E-state index contributed by atoms with van der Waals surface area (Å²) in [6.45, 7) is 1.96. The molecule has 4 nitrogen and oxygen atoms in total. The third kappa shape index (κ3) is 3.89. The van der Waals surface area contributed by atoms with E-state index < -0.39 is 17.8 Å². The number of hydrogen-bond donors (Lipinski definition) is 1. The van der Waals surface area contributed by atoms with E-state index in [1.54, 1.807) is 0 Å². The van der Waals surface area contributed by atoms with Crippen LogP contribution in [-0.4, -0.2) is 49.7 Å². The van der Waals surface area contributed by atoms with Gasteiger partial charge in [0.05, 0.1) is 12.2 Å². The molecular weight excluding hydrogens is 321 g/mol. The summed E-state index contributed by atoms with van der Waals surface area (Å²) in [5.41, 5.74) is 0.260. The molecule has 1 aromatic rings. The summed E-state index contributed by atoms with van der Waals surface area (Å²) >= 11 is 0. The Labute approximate surface area is 139 Å². The van der Waals surface area contributed by atoms with E-state index in [2.05, 4.69) is 10.2 Å². The molecule has 132 valence electrons. The van der Waals surface area contributed by atoms with Crippen molar-refractivity contribution in [3.8, 4) is 0 Å². The normalized spacial score (nSPS) is 28.2. The molecule has 2 aliphatic rings. The maximum atomic E-state index is 12.6. The summed E-state index contributed by atoms with van der Waals surface area (Å²) in [5, 5.41) is 2.97. The summed E-state index contributed by atoms with van der Waals surface area (Å²) < 4.78 is 43.2. The number of likely N-dealkylation sites (N-methyl/N-ethyl adjacent to an activating group) is 1. The van der Waals surface area contributed by atoms with E-state index in [1.165, 1.54) is 12.1 Å². The first kappa shape index (κ1) is 17.2. The standard InChI is InChI=1S/C17H21F3N2O2/c1-22-6-7-24-15(10-22)16(23)21-14-8-12(9-14)11-2-4-13(5-3-11)17(18,19)20/h2-5,12,14-15H,6-10H2,1H3,(H,21,23). The molecule has 0 bridgehead atoms. The summed E-state index contributed by atoms with van der Waals surface area (Å²) in [4.78, 5) is 14.2. The van der Waals surface area contributed by atoms with E-state index in [1.807, 2.05) is 7.05 Å². The van der Waals surface area contributed by atoms with Gasteiger partial charge in [-0.15, -0.1) is 0 Å². The van der Waals surface area contributed by atoms with Crippen molar-refractivity contribution < 1.29 is 22.7 Å². The molecule has 1 aliphatic carbocycles. The zero-order valence-electron chi connectivity index (χ0n) is 13.5. The highest BCUT2D eigenvalue weighted by molar-refractivity contribution is 5.81. The Morgan fingerprint density at radius 3 is 2.50 bits per heavy atom. The van der Waals surface area contributed by atoms with Crippen LogP contribution in [0.5, 0.6) is 0 Å². The summed E-state index contributed by atoms with van der Waals surface area (Å²) in [7, 11) is 1.95. The number of morpholine rings is 1. The maximum absolute atomic E-state index is 12.6. The fraction of sp³-hybridized carbons (Fsp3) is 0.588. The number of carbonyl (C=O) groups excluding carboxylic acids is 1. The van der Waals surface area contributed by atoms with Gasteiger partial charge in [-0.05, 0) is 43.5 Å². The number of rotatable bonds is 3. The molecule has 1 aliphatic heterocycles. The van der Waals surface area contributed by atoms with Gasteiger partial charge in [-0.2, -0.15) is 13.2 Å². The van der Waals surface area contributed by atoms with Gasteiger partial charge in [-0.3, -0.25) is 4.79 Å². The zero-order valence-corrected chi connectivity index (χ0v) is 13.5. The van der Waals surface area contributed by atoms with E-state index >= 15 is 0 Å². The lowest BCUT2D eigenvalue weighted by Crippen LogP contribution is -2.53. The van der Waals surface area contributed by atoms with Crippen molar-refractivity contribution in [1.82, 2.24) is 10.2 Å². The molecule has 3 rings (SSSR count). The topological polar surface area (TPSA) is 41.6 Å². The van der Waals surface area contributed by atoms with Crippen LogP contribution in [-0.2, 0) is 15.7 Å². The third-order valence-corrected chi connectivity index (χ3v) is 4.76. The van der Waals surface area contributed by atoms with Gasteiger partial charge in [0.1, 0.15) is 6.10 Å². The molecule has 0 radical (unpaired) electrons. The van der Waals surface area contributed by atoms with Crippen LogP contribution in [0.15, 0.2) is 24.3 Å². The largest absolute Gasteiger partial charge is 0.416 e. The van der Waals surface area contributed by atoms with Crippen LogP contribution in [0.2, 0.25) is 0 Å². The Hall–Kier alpha value is -1.60. The van der Waals surface area contributed by atoms with Crippen molar-refractivity contribution in [2.24, 2.45) is 0 Å². The molecule has 0 aromatic heterocycles. The second-order valence-corrected chi connectivity index (χ2v) is 6.62. The van der Waals surface area contributed by atoms with E-state index in [0.29, 0.717) is 13.2 Å². The Morgan fingerprint density at radius 2 is 1.92 bits per heavy atom. The van der Waals surface area contributed by atoms with E-state index in [9.17, 15) is 18.0 Å². The minimum atomic E-state index is -4.30. The van der Waals surface area contributed by atoms with Gasteiger partial charge in [0.15, 0.2) is 0 Å². The van der Waals surface area contributed by atoms with Crippen molar-refractivity contribution in [2.45, 2.75) is 37.1 Å². The van der Waals surface area contributed by atoms with E-state index in [-0.39, 0.29) is 17.9 Å². The molecule has 2 fully saturated rings. The van der Waals surface area contributed by atoms with Crippen LogP contribution < -0.4 is 5.32 Å². The minimum absolute atomic E-state index is 0.0700. The van der Waals surface area contributed by atoms with Crippen LogP contribution >= 0.6 is 0 Å². The van der Waals surface area contributed by atoms with Gasteiger partial charge in [-0.25, -0.2) is 0 Å². The highest BCUT2D eigenvalue weighted by Gasteiger charge is 2.35. The van der Waals surface area contributed by atoms with Gasteiger partial charge < -0.3 is 15.0 Å². The molecule has 7 heteroatoms. The molecule has 1 atom stereocenters. The lowest BCUT2D eigenvalue weighted by atomic mass is 9.75. The second-order valence-electron chi connectivity index (χ2n) is 6.62. The number of nitrogens with one attached hydrogen (secondary N) is 1. The smallest absolute Gasteiger partial charge is 0.366 e. The van der Waals surface area contributed by atoms with E-state index in [4.69, 9.17) is 4.74 Å². The van der Waals surface area contributed by atoms with Crippen LogP contribution in [0.1, 0.15) is 29.9 Å². The first-order valence-electron chi connectivity index (χ1n) is 8.10. The van der Waals surface area contributed by atoms with Crippen LogP contribution in [0, 0.1) is 0 Å². The molecule has 1 saturated carbocycles. The first-order chi connectivity index (χ1) is 11.3. The predicted octanol–water partition coefficient (Wildman–Crippen LogP) is 2.40. The summed E-state index contributed by atoms with van der Waals surface area (Å²) in [6, 6.07) is 5.37. The summed E-state index contributed by atoms with van der Waals surface area (Å²) in [5.74, 6) is 0.102. The lowest BCUT2D eigenvalue weighted by molar-refractivity contribution is -0.139. The van der Waals surface area contributed by atoms with Gasteiger partial charge in [0, 0.05) is 19.1 Å². The number of halogens is 3. The molecule has 1 saturated heterocycles. The van der Waals surface area contributed by atoms with Crippen molar-refractivity contribution in [3.05, 3.63) is 35.4 Å². The third-order valence-electron chi connectivity index (χ3n) is 4.76. The molecule has 1 heterocycles. The molecule has 0 spiro atoms. The number of benzene rings is 1. The van der Waals surface area contributed by atoms with Crippen molar-refractivity contribution in [3.63, 3.8) is 0 Å². The summed E-state index contributed by atoms with van der Waals surface area (Å²) in [6.07, 6.45) is -3.24. The number of carbonyl (C=O) groups is 1. The van der Waals surface area contributed by atoms with Gasteiger partial charge >= 0.3 is 6.18 Å². The van der Waals surface area contributed by atoms with E-state index in [0.717, 1.165) is 37.1 Å². The van der Waals surface area contributed by atoms with Gasteiger partial charge in [0.2, 0.25) is 0 Å².